The fourth-order valence-corrected chi connectivity index (χ4v) is 2.40. The Hall–Kier alpha value is -1.59. The molecular formula is C13H19N3O2. The van der Waals surface area contributed by atoms with Gasteiger partial charge in [0.25, 0.3) is 0 Å². The van der Waals surface area contributed by atoms with Crippen molar-refractivity contribution in [3.8, 4) is 0 Å². The summed E-state index contributed by atoms with van der Waals surface area (Å²) >= 11 is 0. The number of nitrogens with two attached hydrogens (primary N) is 2. The van der Waals surface area contributed by atoms with Crippen LogP contribution in [-0.4, -0.2) is 31.7 Å². The van der Waals surface area contributed by atoms with Gasteiger partial charge in [-0.15, -0.1) is 0 Å². The van der Waals surface area contributed by atoms with E-state index >= 15 is 0 Å². The molecule has 1 saturated heterocycles. The normalized spacial score (nSPS) is 19.9. The first kappa shape index (κ1) is 12.9. The van der Waals surface area contributed by atoms with Crippen molar-refractivity contribution in [3.05, 3.63) is 29.3 Å². The number of ether oxygens (including phenoxy) is 1. The number of carbonyl (C=O) groups is 1. The maximum atomic E-state index is 11.5. The molecule has 1 aromatic carbocycles. The third kappa shape index (κ3) is 2.32. The Morgan fingerprint density at radius 1 is 1.56 bits per heavy atom. The second-order valence-electron chi connectivity index (χ2n) is 4.47. The second-order valence-corrected chi connectivity index (χ2v) is 4.47. The average molecular weight is 249 g/mol. The minimum Gasteiger partial charge on any atom is -0.377 e. The maximum absolute atomic E-state index is 11.5. The summed E-state index contributed by atoms with van der Waals surface area (Å²) in [5, 5.41) is 0. The molecule has 5 nitrogen and oxygen atoms in total. The average Bonchev–Trinajstić information content (AvgIpc) is 2.38. The molecule has 1 aliphatic heterocycles. The molecule has 0 radical (unpaired) electrons. The van der Waals surface area contributed by atoms with Crippen molar-refractivity contribution >= 4 is 11.6 Å². The van der Waals surface area contributed by atoms with Gasteiger partial charge in [-0.2, -0.15) is 0 Å². The molecule has 1 unspecified atom stereocenters. The quantitative estimate of drug-likeness (QED) is 0.798. The summed E-state index contributed by atoms with van der Waals surface area (Å²) < 4.78 is 5.33. The van der Waals surface area contributed by atoms with E-state index < -0.39 is 6.04 Å². The Morgan fingerprint density at radius 2 is 2.33 bits per heavy atom. The molecule has 5 heteroatoms. The molecule has 4 N–H and O–H groups in total. The summed E-state index contributed by atoms with van der Waals surface area (Å²) in [5.74, 6) is -0.360. The number of rotatable bonds is 3. The van der Waals surface area contributed by atoms with Gasteiger partial charge in [-0.3, -0.25) is 4.79 Å². The Kier molecular flexibility index (Phi) is 3.84. The molecule has 1 amide bonds. The van der Waals surface area contributed by atoms with Crippen LogP contribution >= 0.6 is 0 Å². The lowest BCUT2D eigenvalue weighted by molar-refractivity contribution is -0.121. The van der Waals surface area contributed by atoms with Crippen molar-refractivity contribution in [2.45, 2.75) is 19.5 Å². The lowest BCUT2D eigenvalue weighted by Gasteiger charge is -2.37. The summed E-state index contributed by atoms with van der Waals surface area (Å²) in [5.41, 5.74) is 14.4. The Balaban J connectivity index is 2.42. The number of para-hydroxylation sites is 1. The molecule has 1 atom stereocenters. The van der Waals surface area contributed by atoms with Gasteiger partial charge in [0.15, 0.2) is 0 Å². The number of anilines is 1. The molecule has 0 aliphatic carbocycles. The largest absolute Gasteiger partial charge is 0.377 e. The highest BCUT2D eigenvalue weighted by Crippen LogP contribution is 2.28. The summed E-state index contributed by atoms with van der Waals surface area (Å²) in [6.45, 7) is 4.06. The van der Waals surface area contributed by atoms with Crippen LogP contribution in [0.3, 0.4) is 0 Å². The fourth-order valence-electron chi connectivity index (χ4n) is 2.40. The van der Waals surface area contributed by atoms with Crippen LogP contribution in [0.2, 0.25) is 0 Å². The van der Waals surface area contributed by atoms with Crippen LogP contribution in [0.1, 0.15) is 11.1 Å². The molecule has 2 rings (SSSR count). The van der Waals surface area contributed by atoms with Crippen molar-refractivity contribution in [2.75, 3.05) is 24.7 Å². The highest BCUT2D eigenvalue weighted by molar-refractivity contribution is 5.84. The fraction of sp³-hybridized carbons (Fsp3) is 0.462. The van der Waals surface area contributed by atoms with Gasteiger partial charge in [0.2, 0.25) is 5.91 Å². The monoisotopic (exact) mass is 249 g/mol. The predicted octanol–water partition coefficient (Wildman–Crippen LogP) is 0.144. The highest BCUT2D eigenvalue weighted by atomic mass is 16.5. The van der Waals surface area contributed by atoms with Gasteiger partial charge in [-0.1, -0.05) is 18.2 Å². The van der Waals surface area contributed by atoms with Crippen LogP contribution in [0.25, 0.3) is 0 Å². The van der Waals surface area contributed by atoms with Gasteiger partial charge in [0.1, 0.15) is 6.04 Å². The lowest BCUT2D eigenvalue weighted by atomic mass is 10.0. The maximum Gasteiger partial charge on any atom is 0.242 e. The molecule has 0 spiro atoms. The molecular weight excluding hydrogens is 230 g/mol. The Labute approximate surface area is 107 Å². The first-order valence-corrected chi connectivity index (χ1v) is 6.07. The van der Waals surface area contributed by atoms with Crippen LogP contribution in [0, 0.1) is 6.92 Å². The first-order chi connectivity index (χ1) is 8.65. The Bertz CT molecular complexity index is 448. The molecule has 98 valence electrons. The van der Waals surface area contributed by atoms with E-state index in [1.165, 1.54) is 0 Å². The zero-order valence-corrected chi connectivity index (χ0v) is 10.6. The lowest BCUT2D eigenvalue weighted by Crippen LogP contribution is -2.53. The number of benzene rings is 1. The van der Waals surface area contributed by atoms with Crippen LogP contribution in [-0.2, 0) is 16.1 Å². The second kappa shape index (κ2) is 5.37. The van der Waals surface area contributed by atoms with E-state index in [1.54, 1.807) is 0 Å². The molecule has 1 heterocycles. The summed E-state index contributed by atoms with van der Waals surface area (Å²) in [6.07, 6.45) is 0. The smallest absolute Gasteiger partial charge is 0.242 e. The number of carbonyl (C=O) groups excluding carboxylic acids is 1. The van der Waals surface area contributed by atoms with E-state index in [4.69, 9.17) is 16.2 Å². The van der Waals surface area contributed by atoms with Crippen LogP contribution in [0.15, 0.2) is 18.2 Å². The third-order valence-corrected chi connectivity index (χ3v) is 3.29. The third-order valence-electron chi connectivity index (χ3n) is 3.29. The van der Waals surface area contributed by atoms with E-state index in [0.717, 1.165) is 16.8 Å². The number of primary amides is 1. The van der Waals surface area contributed by atoms with Gasteiger partial charge >= 0.3 is 0 Å². The molecule has 0 saturated carbocycles. The number of hydrogen-bond donors (Lipinski definition) is 2. The van der Waals surface area contributed by atoms with Crippen molar-refractivity contribution in [3.63, 3.8) is 0 Å². The van der Waals surface area contributed by atoms with Crippen molar-refractivity contribution < 1.29 is 9.53 Å². The number of aryl methyl sites for hydroxylation is 1. The zero-order valence-electron chi connectivity index (χ0n) is 10.6. The van der Waals surface area contributed by atoms with E-state index in [9.17, 15) is 4.79 Å². The van der Waals surface area contributed by atoms with Crippen LogP contribution in [0.5, 0.6) is 0 Å². The Morgan fingerprint density at radius 3 is 3.00 bits per heavy atom. The SMILES string of the molecule is Cc1cccc(CN)c1N1CCOCC1C(N)=O. The highest BCUT2D eigenvalue weighted by Gasteiger charge is 2.29. The van der Waals surface area contributed by atoms with E-state index in [-0.39, 0.29) is 5.91 Å². The molecule has 1 aliphatic rings. The van der Waals surface area contributed by atoms with Gasteiger partial charge in [0.05, 0.1) is 13.2 Å². The van der Waals surface area contributed by atoms with Crippen molar-refractivity contribution in [1.82, 2.24) is 0 Å². The topological polar surface area (TPSA) is 81.6 Å². The molecule has 0 bridgehead atoms. The van der Waals surface area contributed by atoms with Gasteiger partial charge in [-0.25, -0.2) is 0 Å². The van der Waals surface area contributed by atoms with E-state index in [1.807, 2.05) is 30.0 Å². The van der Waals surface area contributed by atoms with Gasteiger partial charge in [0, 0.05) is 18.8 Å². The summed E-state index contributed by atoms with van der Waals surface area (Å²) in [6, 6.07) is 5.56. The van der Waals surface area contributed by atoms with Crippen molar-refractivity contribution in [2.24, 2.45) is 11.5 Å². The number of hydrogen-bond acceptors (Lipinski definition) is 4. The molecule has 0 aromatic heterocycles. The van der Waals surface area contributed by atoms with Gasteiger partial charge in [-0.05, 0) is 18.1 Å². The molecule has 1 fully saturated rings. The predicted molar refractivity (Wildman–Crippen MR) is 70.2 cm³/mol. The first-order valence-electron chi connectivity index (χ1n) is 6.07. The van der Waals surface area contributed by atoms with Crippen LogP contribution in [0.4, 0.5) is 5.69 Å². The minimum absolute atomic E-state index is 0.341. The number of morpholine rings is 1. The van der Waals surface area contributed by atoms with Crippen molar-refractivity contribution in [1.29, 1.82) is 0 Å². The molecule has 18 heavy (non-hydrogen) atoms. The zero-order chi connectivity index (χ0) is 13.1. The molecule has 1 aromatic rings. The number of nitrogens with zero attached hydrogens (tertiary/aromatic N) is 1. The van der Waals surface area contributed by atoms with E-state index in [2.05, 4.69) is 0 Å². The van der Waals surface area contributed by atoms with Gasteiger partial charge < -0.3 is 21.1 Å². The van der Waals surface area contributed by atoms with Crippen LogP contribution < -0.4 is 16.4 Å². The summed E-state index contributed by atoms with van der Waals surface area (Å²) in [4.78, 5) is 13.5. The standard InChI is InChI=1S/C13H19N3O2/c1-9-3-2-4-10(7-14)12(9)16-5-6-18-8-11(16)13(15)17/h2-4,11H,5-8,14H2,1H3,(H2,15,17). The van der Waals surface area contributed by atoms with E-state index in [0.29, 0.717) is 26.3 Å². The minimum atomic E-state index is -0.412. The number of amides is 1. The summed E-state index contributed by atoms with van der Waals surface area (Å²) in [7, 11) is 0.